The number of rotatable bonds is 19. The molecule has 0 saturated carbocycles. The van der Waals surface area contributed by atoms with Crippen LogP contribution in [0.3, 0.4) is 0 Å². The van der Waals surface area contributed by atoms with E-state index in [0.29, 0.717) is 34.7 Å². The Morgan fingerprint density at radius 2 is 1.58 bits per heavy atom. The number of piperidine rings is 1. The molecule has 2 aromatic heterocycles. The number of halogens is 1. The highest BCUT2D eigenvalue weighted by atomic mass is 35.5. The number of carbonyl (C=O) groups excluding carboxylic acids is 6. The Labute approximate surface area is 466 Å². The fourth-order valence-corrected chi connectivity index (χ4v) is 11.0. The number of likely N-dealkylation sites (N-methyl/N-ethyl adjacent to an activating group) is 2. The van der Waals surface area contributed by atoms with Crippen molar-refractivity contribution in [1.82, 2.24) is 10.3 Å². The van der Waals surface area contributed by atoms with Gasteiger partial charge in [-0.3, -0.25) is 14.4 Å². The minimum Gasteiger partial charge on any atom is -0.483 e. The number of ether oxygens (including phenoxy) is 1. The number of aldehydes is 3. The second-order valence-corrected chi connectivity index (χ2v) is 20.4. The van der Waals surface area contributed by atoms with E-state index in [1.807, 2.05) is 64.5 Å². The van der Waals surface area contributed by atoms with E-state index in [9.17, 15) is 19.2 Å². The number of amides is 1. The van der Waals surface area contributed by atoms with Crippen LogP contribution >= 0.6 is 22.9 Å². The van der Waals surface area contributed by atoms with E-state index >= 15 is 0 Å². The lowest BCUT2D eigenvalue weighted by Gasteiger charge is -2.34. The lowest BCUT2D eigenvalue weighted by Crippen LogP contribution is -2.44. The molecule has 6 aromatic rings. The van der Waals surface area contributed by atoms with Crippen molar-refractivity contribution in [3.63, 3.8) is 0 Å². The van der Waals surface area contributed by atoms with Crippen molar-refractivity contribution < 1.29 is 43.7 Å². The minimum absolute atomic E-state index is 0.0177. The standard InChI is InChI=1S/C33H38N4O3.C22H30ClNO2S.C2H6.2CH4O.2CH2O/c1-4-22-10-11-24-20-31(35-28(24)19-22)37-16-14-23(15-17-37)26-12-13-29(32-25(21-39)7-5-8-27(26)32)36(3)30(9-6-18-38)33(40)34-2;1-6-8-18(14-22(3,4)5)24-17-10-7-9-16(13-17)21-19(23)20(15(2)27-21)26-12-11-25;5*1-2/h5,7-8,10-13,18-21,23,30,35H,4,6,9,14-17H2,1-3H3,(H,34,40);7,9-11,13,18,24H,6,8,12,14H2,1-5H3;1-2H3;2*2H,1H3;2*1H2. The van der Waals surface area contributed by atoms with Gasteiger partial charge in [-0.15, -0.1) is 11.3 Å². The van der Waals surface area contributed by atoms with Crippen LogP contribution in [0.15, 0.2) is 78.9 Å². The van der Waals surface area contributed by atoms with E-state index in [1.165, 1.54) is 27.8 Å². The number of anilines is 3. The third kappa shape index (κ3) is 19.5. The number of aliphatic hydroxyl groups excluding tert-OH is 2. The molecule has 7 rings (SSSR count). The Kier molecular flexibility index (Phi) is 32.6. The molecule has 3 heterocycles. The molecule has 1 saturated heterocycles. The number of nitrogens with one attached hydrogen (secondary N) is 3. The van der Waals surface area contributed by atoms with Crippen molar-refractivity contribution >= 4 is 100 Å². The fourth-order valence-electron chi connectivity index (χ4n) is 9.50. The Morgan fingerprint density at radius 1 is 0.922 bits per heavy atom. The van der Waals surface area contributed by atoms with E-state index in [4.69, 9.17) is 36.1 Å². The number of H-pyrrole nitrogens is 1. The van der Waals surface area contributed by atoms with E-state index in [1.54, 1.807) is 18.4 Å². The summed E-state index contributed by atoms with van der Waals surface area (Å²) >= 11 is 8.14. The van der Waals surface area contributed by atoms with Gasteiger partial charge in [-0.05, 0) is 109 Å². The van der Waals surface area contributed by atoms with Crippen LogP contribution in [0.4, 0.5) is 17.2 Å². The zero-order chi connectivity index (χ0) is 58.3. The lowest BCUT2D eigenvalue weighted by atomic mass is 9.85. The molecule has 16 heteroatoms. The number of carbonyl (C=O) groups is 6. The number of nitrogens with zero attached hydrogens (tertiary/aromatic N) is 2. The first-order chi connectivity index (χ1) is 37.2. The molecule has 0 bridgehead atoms. The normalized spacial score (nSPS) is 12.5. The molecular formula is C61H86ClN5O9S. The van der Waals surface area contributed by atoms with Gasteiger partial charge in [0, 0.05) is 92.0 Å². The first-order valence-electron chi connectivity index (χ1n) is 26.2. The average molecular weight is 1100 g/mol. The number of thiophene rings is 1. The van der Waals surface area contributed by atoms with Crippen LogP contribution in [0.2, 0.25) is 5.02 Å². The third-order valence-electron chi connectivity index (χ3n) is 12.8. The molecule has 1 aliphatic rings. The van der Waals surface area contributed by atoms with Crippen LogP contribution in [-0.4, -0.2) is 114 Å². The Bertz CT molecular complexity index is 2690. The molecule has 0 aliphatic carbocycles. The van der Waals surface area contributed by atoms with E-state index in [0.717, 1.165) is 122 Å². The van der Waals surface area contributed by atoms with Gasteiger partial charge < -0.3 is 54.8 Å². The zero-order valence-electron chi connectivity index (χ0n) is 47.6. The maximum absolute atomic E-state index is 12.7. The van der Waals surface area contributed by atoms with Crippen LogP contribution in [0.25, 0.3) is 32.1 Å². The summed E-state index contributed by atoms with van der Waals surface area (Å²) in [6, 6.07) is 27.2. The summed E-state index contributed by atoms with van der Waals surface area (Å²) in [6.45, 7) is 23.1. The molecule has 4 aromatic carbocycles. The topological polar surface area (TPSA) is 198 Å². The predicted molar refractivity (Wildman–Crippen MR) is 322 cm³/mol. The number of hydrogen-bond donors (Lipinski definition) is 5. The summed E-state index contributed by atoms with van der Waals surface area (Å²) in [6.07, 6.45) is 9.61. The van der Waals surface area contributed by atoms with Crippen molar-refractivity contribution in [3.05, 3.63) is 105 Å². The predicted octanol–water partition coefficient (Wildman–Crippen LogP) is 12.5. The molecule has 2 atom stereocenters. The van der Waals surface area contributed by atoms with Crippen molar-refractivity contribution in [3.8, 4) is 16.2 Å². The van der Waals surface area contributed by atoms with Gasteiger partial charge in [0.2, 0.25) is 5.91 Å². The summed E-state index contributed by atoms with van der Waals surface area (Å²) in [5.74, 6) is 1.99. The highest BCUT2D eigenvalue weighted by Gasteiger charge is 2.28. The van der Waals surface area contributed by atoms with Gasteiger partial charge in [0.15, 0.2) is 18.3 Å². The SMILES string of the molecule is C=O.C=O.CC.CCCC(CC(C)(C)C)Nc1cccc(-c2sc(C)c(OCC=O)c2Cl)c1.CCc1ccc2cc(N3CCC(c4ccc(N(C)C(CCC=O)C(=O)NC)c5c(C=O)cccc45)CC3)[nH]c2c1.CO.CO. The van der Waals surface area contributed by atoms with Crippen LogP contribution in [0.1, 0.15) is 126 Å². The van der Waals surface area contributed by atoms with Crippen LogP contribution in [0.5, 0.6) is 5.75 Å². The van der Waals surface area contributed by atoms with Crippen molar-refractivity contribution in [1.29, 1.82) is 0 Å². The molecular weight excluding hydrogens is 1010 g/mol. The molecule has 77 heavy (non-hydrogen) atoms. The Morgan fingerprint density at radius 3 is 2.17 bits per heavy atom. The van der Waals surface area contributed by atoms with Crippen LogP contribution in [0, 0.1) is 12.3 Å². The van der Waals surface area contributed by atoms with E-state index in [2.05, 4.69) is 116 Å². The number of aromatic nitrogens is 1. The molecule has 1 fully saturated rings. The summed E-state index contributed by atoms with van der Waals surface area (Å²) in [7, 11) is 5.47. The molecule has 14 nitrogen and oxygen atoms in total. The molecule has 0 spiro atoms. The average Bonchev–Trinajstić information content (AvgIpc) is 4.04. The maximum Gasteiger partial charge on any atom is 0.242 e. The zero-order valence-corrected chi connectivity index (χ0v) is 49.2. The maximum atomic E-state index is 12.7. The number of benzene rings is 4. The van der Waals surface area contributed by atoms with Gasteiger partial charge in [0.05, 0.1) is 4.88 Å². The van der Waals surface area contributed by atoms with Gasteiger partial charge in [0.1, 0.15) is 43.4 Å². The highest BCUT2D eigenvalue weighted by Crippen LogP contribution is 2.46. The van der Waals surface area contributed by atoms with Crippen LogP contribution < -0.4 is 25.2 Å². The Hall–Kier alpha value is -6.39. The van der Waals surface area contributed by atoms with Crippen molar-refractivity contribution in [2.45, 2.75) is 125 Å². The second-order valence-electron chi connectivity index (χ2n) is 18.8. The monoisotopic (exact) mass is 1100 g/mol. The molecule has 5 N–H and O–H groups in total. The first kappa shape index (κ1) is 68.6. The quantitative estimate of drug-likeness (QED) is 0.0482. The number of aliphatic hydroxyl groups is 2. The summed E-state index contributed by atoms with van der Waals surface area (Å²) in [4.78, 5) is 72.5. The number of aryl methyl sites for hydroxylation is 2. The van der Waals surface area contributed by atoms with Crippen LogP contribution in [-0.2, 0) is 30.4 Å². The highest BCUT2D eigenvalue weighted by molar-refractivity contribution is 7.16. The van der Waals surface area contributed by atoms with E-state index in [-0.39, 0.29) is 24.3 Å². The number of hydrogen-bond acceptors (Lipinski definition) is 13. The van der Waals surface area contributed by atoms with Gasteiger partial charge in [-0.2, -0.15) is 0 Å². The number of aromatic amines is 1. The molecule has 1 aliphatic heterocycles. The number of fused-ring (bicyclic) bond motifs is 2. The molecule has 0 radical (unpaired) electrons. The minimum atomic E-state index is -0.517. The Balaban J connectivity index is 0.000000699. The second kappa shape index (κ2) is 36.6. The fraction of sp³-hybridized carbons (Fsp3) is 0.443. The third-order valence-corrected chi connectivity index (χ3v) is 14.4. The molecule has 422 valence electrons. The lowest BCUT2D eigenvalue weighted by molar-refractivity contribution is -0.122. The molecule has 1 amide bonds. The van der Waals surface area contributed by atoms with Gasteiger partial charge in [0.25, 0.3) is 0 Å². The summed E-state index contributed by atoms with van der Waals surface area (Å²) < 4.78 is 5.50. The van der Waals surface area contributed by atoms with Crippen molar-refractivity contribution in [2.24, 2.45) is 5.41 Å². The van der Waals surface area contributed by atoms with Gasteiger partial charge in [-0.25, -0.2) is 0 Å². The largest absolute Gasteiger partial charge is 0.483 e. The first-order valence-corrected chi connectivity index (χ1v) is 27.4. The van der Waals surface area contributed by atoms with Gasteiger partial charge in [-0.1, -0.05) is 115 Å². The van der Waals surface area contributed by atoms with Gasteiger partial charge >= 0.3 is 0 Å². The summed E-state index contributed by atoms with van der Waals surface area (Å²) in [5, 5.41) is 24.2. The van der Waals surface area contributed by atoms with E-state index < -0.39 is 6.04 Å². The smallest absolute Gasteiger partial charge is 0.242 e. The van der Waals surface area contributed by atoms with Crippen molar-refractivity contribution in [2.75, 3.05) is 63.1 Å². The molecule has 2 unspecified atom stereocenters. The summed E-state index contributed by atoms with van der Waals surface area (Å²) in [5.41, 5.74) is 7.63.